The number of nitro groups is 1. The zero-order valence-corrected chi connectivity index (χ0v) is 11.2. The molecule has 0 aliphatic rings. The van der Waals surface area contributed by atoms with E-state index in [0.717, 1.165) is 0 Å². The van der Waals surface area contributed by atoms with Crippen LogP contribution in [0.4, 0.5) is 11.5 Å². The third-order valence-electron chi connectivity index (χ3n) is 3.26. The summed E-state index contributed by atoms with van der Waals surface area (Å²) in [6.07, 6.45) is 1.57. The molecule has 8 nitrogen and oxygen atoms in total. The molecule has 0 aliphatic carbocycles. The normalized spacial score (nSPS) is 10.8. The average molecular weight is 298 g/mol. The predicted octanol–water partition coefficient (Wildman–Crippen LogP) is 2.80. The monoisotopic (exact) mass is 298 g/mol. The first-order chi connectivity index (χ1) is 10.6. The molecule has 2 aromatic heterocycles. The molecule has 3 rings (SSSR count). The molecule has 1 aromatic carbocycles. The Balaban J connectivity index is 2.23. The van der Waals surface area contributed by atoms with Crippen molar-refractivity contribution in [3.63, 3.8) is 0 Å². The maximum Gasteiger partial charge on any atom is 0.270 e. The molecule has 0 saturated carbocycles. The van der Waals surface area contributed by atoms with Crippen LogP contribution < -0.4 is 0 Å². The van der Waals surface area contributed by atoms with Crippen LogP contribution in [0, 0.1) is 15.0 Å². The molecule has 0 aliphatic heterocycles. The van der Waals surface area contributed by atoms with Crippen LogP contribution in [-0.2, 0) is 6.61 Å². The van der Waals surface area contributed by atoms with Gasteiger partial charge in [-0.25, -0.2) is 4.98 Å². The summed E-state index contributed by atoms with van der Waals surface area (Å²) in [5.74, 6) is 0.0555. The Kier molecular flexibility index (Phi) is 3.36. The van der Waals surface area contributed by atoms with E-state index >= 15 is 0 Å². The highest BCUT2D eigenvalue weighted by Crippen LogP contribution is 2.32. The van der Waals surface area contributed by atoms with Crippen molar-refractivity contribution in [2.75, 3.05) is 0 Å². The quantitative estimate of drug-likeness (QED) is 0.452. The number of nitrogens with zero attached hydrogens (tertiary/aromatic N) is 4. The SMILES string of the molecule is O=Nc1c(-c2cccc([N+](=O)[O-])c2)nc2cc(CO)ccn12. The molecule has 0 atom stereocenters. The van der Waals surface area contributed by atoms with Crippen LogP contribution in [0.2, 0.25) is 0 Å². The minimum atomic E-state index is -0.517. The van der Waals surface area contributed by atoms with Gasteiger partial charge in [0.05, 0.1) is 11.5 Å². The first-order valence-corrected chi connectivity index (χ1v) is 6.34. The zero-order chi connectivity index (χ0) is 15.7. The first kappa shape index (κ1) is 13.8. The number of aromatic nitrogens is 2. The van der Waals surface area contributed by atoms with E-state index in [0.29, 0.717) is 16.8 Å². The van der Waals surface area contributed by atoms with Crippen molar-refractivity contribution >= 4 is 17.2 Å². The Hall–Kier alpha value is -3.13. The summed E-state index contributed by atoms with van der Waals surface area (Å²) in [6, 6.07) is 9.10. The summed E-state index contributed by atoms with van der Waals surface area (Å²) in [7, 11) is 0. The van der Waals surface area contributed by atoms with Crippen molar-refractivity contribution in [1.82, 2.24) is 9.38 Å². The molecule has 8 heteroatoms. The van der Waals surface area contributed by atoms with Gasteiger partial charge in [0.2, 0.25) is 5.82 Å². The lowest BCUT2D eigenvalue weighted by molar-refractivity contribution is -0.384. The number of aliphatic hydroxyl groups is 1. The maximum absolute atomic E-state index is 11.2. The van der Waals surface area contributed by atoms with Gasteiger partial charge in [0, 0.05) is 23.9 Å². The van der Waals surface area contributed by atoms with Crippen molar-refractivity contribution in [2.45, 2.75) is 6.61 Å². The number of pyridine rings is 1. The molecule has 1 N–H and O–H groups in total. The molecule has 110 valence electrons. The van der Waals surface area contributed by atoms with E-state index in [2.05, 4.69) is 10.2 Å². The van der Waals surface area contributed by atoms with Gasteiger partial charge in [-0.3, -0.25) is 14.5 Å². The second-order valence-corrected chi connectivity index (χ2v) is 4.60. The van der Waals surface area contributed by atoms with Gasteiger partial charge in [-0.05, 0) is 22.9 Å². The summed E-state index contributed by atoms with van der Waals surface area (Å²) >= 11 is 0. The van der Waals surface area contributed by atoms with E-state index in [4.69, 9.17) is 5.11 Å². The summed E-state index contributed by atoms with van der Waals surface area (Å²) in [6.45, 7) is -0.153. The molecule has 3 aromatic rings. The Labute approximate surface area is 123 Å². The zero-order valence-electron chi connectivity index (χ0n) is 11.2. The van der Waals surface area contributed by atoms with Crippen LogP contribution in [0.5, 0.6) is 0 Å². The minimum Gasteiger partial charge on any atom is -0.392 e. The third kappa shape index (κ3) is 2.21. The van der Waals surface area contributed by atoms with Crippen molar-refractivity contribution in [2.24, 2.45) is 5.18 Å². The minimum absolute atomic E-state index is 0.0555. The second-order valence-electron chi connectivity index (χ2n) is 4.60. The Morgan fingerprint density at radius 2 is 2.14 bits per heavy atom. The van der Waals surface area contributed by atoms with Crippen molar-refractivity contribution in [1.29, 1.82) is 0 Å². The van der Waals surface area contributed by atoms with Crippen molar-refractivity contribution in [3.05, 3.63) is 63.2 Å². The van der Waals surface area contributed by atoms with Gasteiger partial charge < -0.3 is 5.11 Å². The summed E-state index contributed by atoms with van der Waals surface area (Å²) in [4.78, 5) is 25.8. The lowest BCUT2D eigenvalue weighted by Gasteiger charge is -1.98. The Bertz CT molecular complexity index is 888. The number of aliphatic hydroxyl groups excluding tert-OH is 1. The van der Waals surface area contributed by atoms with Crippen LogP contribution >= 0.6 is 0 Å². The number of hydrogen-bond donors (Lipinski definition) is 1. The molecule has 0 bridgehead atoms. The highest BCUT2D eigenvalue weighted by molar-refractivity contribution is 5.75. The number of hydrogen-bond acceptors (Lipinski definition) is 6. The molecule has 0 spiro atoms. The van der Waals surface area contributed by atoms with Gasteiger partial charge in [-0.1, -0.05) is 12.1 Å². The van der Waals surface area contributed by atoms with Crippen molar-refractivity contribution < 1.29 is 10.0 Å². The van der Waals surface area contributed by atoms with E-state index in [-0.39, 0.29) is 23.8 Å². The predicted molar refractivity (Wildman–Crippen MR) is 78.7 cm³/mol. The number of rotatable bonds is 4. The number of nitroso groups, excluding NO2 is 1. The van der Waals surface area contributed by atoms with Crippen molar-refractivity contribution in [3.8, 4) is 11.3 Å². The van der Waals surface area contributed by atoms with E-state index in [9.17, 15) is 15.0 Å². The molecule has 22 heavy (non-hydrogen) atoms. The van der Waals surface area contributed by atoms with Crippen LogP contribution in [0.15, 0.2) is 47.8 Å². The van der Waals surface area contributed by atoms with Gasteiger partial charge in [0.25, 0.3) is 5.69 Å². The van der Waals surface area contributed by atoms with E-state index in [1.807, 2.05) is 0 Å². The lowest BCUT2D eigenvalue weighted by atomic mass is 10.1. The van der Waals surface area contributed by atoms with E-state index in [1.165, 1.54) is 22.6 Å². The number of nitro benzene ring substituents is 1. The average Bonchev–Trinajstić information content (AvgIpc) is 2.92. The first-order valence-electron chi connectivity index (χ1n) is 6.34. The Morgan fingerprint density at radius 1 is 1.32 bits per heavy atom. The number of imidazole rings is 1. The third-order valence-corrected chi connectivity index (χ3v) is 3.26. The fourth-order valence-electron chi connectivity index (χ4n) is 2.22. The molecule has 0 unspecified atom stereocenters. The molecule has 0 radical (unpaired) electrons. The number of non-ortho nitro benzene ring substituents is 1. The highest BCUT2D eigenvalue weighted by atomic mass is 16.6. The highest BCUT2D eigenvalue weighted by Gasteiger charge is 2.17. The van der Waals surface area contributed by atoms with Crippen LogP contribution in [0.3, 0.4) is 0 Å². The van der Waals surface area contributed by atoms with Gasteiger partial charge >= 0.3 is 0 Å². The molecular formula is C14H10N4O4. The molecular weight excluding hydrogens is 288 g/mol. The Morgan fingerprint density at radius 3 is 2.82 bits per heavy atom. The van der Waals surface area contributed by atoms with E-state index in [1.54, 1.807) is 24.4 Å². The van der Waals surface area contributed by atoms with E-state index < -0.39 is 4.92 Å². The summed E-state index contributed by atoms with van der Waals surface area (Å²) in [5, 5.41) is 23.0. The molecule has 0 amide bonds. The summed E-state index contributed by atoms with van der Waals surface area (Å²) < 4.78 is 1.47. The largest absolute Gasteiger partial charge is 0.392 e. The molecule has 0 saturated heterocycles. The van der Waals surface area contributed by atoms with Crippen LogP contribution in [0.1, 0.15) is 5.56 Å². The van der Waals surface area contributed by atoms with Crippen LogP contribution in [0.25, 0.3) is 16.9 Å². The van der Waals surface area contributed by atoms with Gasteiger partial charge in [0.1, 0.15) is 11.3 Å². The topological polar surface area (TPSA) is 110 Å². The van der Waals surface area contributed by atoms with Gasteiger partial charge in [-0.2, -0.15) is 0 Å². The number of benzene rings is 1. The standard InChI is InChI=1S/C14H10N4O4/c19-8-9-4-5-17-12(6-9)15-13(14(17)16-20)10-2-1-3-11(7-10)18(21)22/h1-7,19H,8H2. The fraction of sp³-hybridized carbons (Fsp3) is 0.0714. The second kappa shape index (κ2) is 5.34. The number of fused-ring (bicyclic) bond motifs is 1. The summed E-state index contributed by atoms with van der Waals surface area (Å²) in [5.41, 5.74) is 1.66. The molecule has 0 fully saturated rings. The smallest absolute Gasteiger partial charge is 0.270 e. The van der Waals surface area contributed by atoms with Gasteiger partial charge in [0.15, 0.2) is 0 Å². The molecule has 2 heterocycles. The maximum atomic E-state index is 11.2. The lowest BCUT2D eigenvalue weighted by Crippen LogP contribution is -1.88. The van der Waals surface area contributed by atoms with Gasteiger partial charge in [-0.15, -0.1) is 4.91 Å². The van der Waals surface area contributed by atoms with Crippen LogP contribution in [-0.4, -0.2) is 19.4 Å². The fourth-order valence-corrected chi connectivity index (χ4v) is 2.22.